The summed E-state index contributed by atoms with van der Waals surface area (Å²) in [7, 11) is 0. The lowest BCUT2D eigenvalue weighted by molar-refractivity contribution is -0.150. The third-order valence-corrected chi connectivity index (χ3v) is 1.90. The van der Waals surface area contributed by atoms with Crippen LogP contribution in [0, 0.1) is 11.3 Å². The van der Waals surface area contributed by atoms with Gasteiger partial charge in [0.1, 0.15) is 0 Å². The number of carboxylic acid groups (broad SMARTS) is 1. The maximum atomic E-state index is 10.9. The first kappa shape index (κ1) is 11.2. The predicted molar refractivity (Wildman–Crippen MR) is 53.2 cm³/mol. The van der Waals surface area contributed by atoms with Crippen LogP contribution in [0.3, 0.4) is 0 Å². The zero-order chi connectivity index (χ0) is 11.3. The Morgan fingerprint density at radius 3 is 2.53 bits per heavy atom. The lowest BCUT2D eigenvalue weighted by atomic mass is 10.1. The minimum atomic E-state index is -1.03. The molecule has 0 aliphatic heterocycles. The van der Waals surface area contributed by atoms with E-state index in [9.17, 15) is 4.79 Å². The van der Waals surface area contributed by atoms with Gasteiger partial charge in [0.25, 0.3) is 0 Å². The van der Waals surface area contributed by atoms with Crippen molar-refractivity contribution >= 4 is 5.97 Å². The number of carboxylic acids is 1. The Bertz CT molecular complexity index is 378. The molecule has 1 atom stereocenters. The normalized spacial score (nSPS) is 11.7. The Kier molecular flexibility index (Phi) is 3.83. The highest BCUT2D eigenvalue weighted by molar-refractivity contribution is 5.74. The van der Waals surface area contributed by atoms with E-state index in [1.807, 2.05) is 6.07 Å². The molecule has 0 spiro atoms. The van der Waals surface area contributed by atoms with Gasteiger partial charge in [-0.05, 0) is 24.6 Å². The Morgan fingerprint density at radius 1 is 1.53 bits per heavy atom. The standard InChI is InChI=1S/C11H11NO3/c1-2-15-10(11(13)14)9-5-3-8(7-12)4-6-9/h3-6,10H,2H2,1H3,(H,13,14)/t10-/m0/s1. The second kappa shape index (κ2) is 5.13. The van der Waals surface area contributed by atoms with Gasteiger partial charge < -0.3 is 9.84 Å². The molecular formula is C11H11NO3. The highest BCUT2D eigenvalue weighted by Gasteiger charge is 2.19. The van der Waals surface area contributed by atoms with Crippen LogP contribution in [0.2, 0.25) is 0 Å². The van der Waals surface area contributed by atoms with Gasteiger partial charge in [-0.1, -0.05) is 12.1 Å². The molecule has 1 rings (SSSR count). The molecule has 0 saturated carbocycles. The molecule has 0 amide bonds. The van der Waals surface area contributed by atoms with E-state index < -0.39 is 12.1 Å². The maximum absolute atomic E-state index is 10.9. The van der Waals surface area contributed by atoms with E-state index in [1.165, 1.54) is 0 Å². The van der Waals surface area contributed by atoms with E-state index >= 15 is 0 Å². The molecule has 1 aromatic carbocycles. The minimum Gasteiger partial charge on any atom is -0.479 e. The Balaban J connectivity index is 2.92. The fourth-order valence-corrected chi connectivity index (χ4v) is 1.21. The SMILES string of the molecule is CCO[C@H](C(=O)O)c1ccc(C#N)cc1. The molecule has 0 aliphatic carbocycles. The second-order valence-electron chi connectivity index (χ2n) is 2.91. The number of nitrogens with zero attached hydrogens (tertiary/aromatic N) is 1. The molecule has 78 valence electrons. The van der Waals surface area contributed by atoms with Crippen molar-refractivity contribution < 1.29 is 14.6 Å². The third-order valence-electron chi connectivity index (χ3n) is 1.90. The summed E-state index contributed by atoms with van der Waals surface area (Å²) in [5.41, 5.74) is 1.04. The van der Waals surface area contributed by atoms with Gasteiger partial charge in [-0.2, -0.15) is 5.26 Å². The van der Waals surface area contributed by atoms with Crippen molar-refractivity contribution in [3.63, 3.8) is 0 Å². The number of rotatable bonds is 4. The van der Waals surface area contributed by atoms with E-state index in [4.69, 9.17) is 15.1 Å². The fraction of sp³-hybridized carbons (Fsp3) is 0.273. The number of carbonyl (C=O) groups is 1. The van der Waals surface area contributed by atoms with Crippen molar-refractivity contribution in [3.05, 3.63) is 35.4 Å². The summed E-state index contributed by atoms with van der Waals surface area (Å²) in [6, 6.07) is 8.29. The monoisotopic (exact) mass is 205 g/mol. The van der Waals surface area contributed by atoms with Crippen LogP contribution in [-0.2, 0) is 9.53 Å². The van der Waals surface area contributed by atoms with Crippen molar-refractivity contribution in [2.75, 3.05) is 6.61 Å². The van der Waals surface area contributed by atoms with E-state index in [-0.39, 0.29) is 0 Å². The number of ether oxygens (including phenoxy) is 1. The Morgan fingerprint density at radius 2 is 2.13 bits per heavy atom. The molecule has 0 bridgehead atoms. The molecule has 0 fully saturated rings. The first-order chi connectivity index (χ1) is 7.19. The van der Waals surface area contributed by atoms with Gasteiger partial charge in [0.05, 0.1) is 11.6 Å². The highest BCUT2D eigenvalue weighted by Crippen LogP contribution is 2.18. The Hall–Kier alpha value is -1.86. The second-order valence-corrected chi connectivity index (χ2v) is 2.91. The lowest BCUT2D eigenvalue weighted by Gasteiger charge is -2.12. The number of benzene rings is 1. The quantitative estimate of drug-likeness (QED) is 0.812. The van der Waals surface area contributed by atoms with Gasteiger partial charge in [0, 0.05) is 6.61 Å². The van der Waals surface area contributed by atoms with Crippen LogP contribution in [0.15, 0.2) is 24.3 Å². The molecule has 0 aromatic heterocycles. The van der Waals surface area contributed by atoms with Gasteiger partial charge in [-0.25, -0.2) is 4.79 Å². The summed E-state index contributed by atoms with van der Waals surface area (Å²) in [5, 5.41) is 17.5. The highest BCUT2D eigenvalue weighted by atomic mass is 16.5. The number of hydrogen-bond acceptors (Lipinski definition) is 3. The average molecular weight is 205 g/mol. The summed E-state index contributed by atoms with van der Waals surface area (Å²) in [6.07, 6.45) is -0.956. The van der Waals surface area contributed by atoms with Gasteiger partial charge in [0.15, 0.2) is 6.10 Å². The number of hydrogen-bond donors (Lipinski definition) is 1. The van der Waals surface area contributed by atoms with E-state index in [2.05, 4.69) is 0 Å². The number of nitriles is 1. The first-order valence-electron chi connectivity index (χ1n) is 4.53. The molecule has 1 N–H and O–H groups in total. The summed E-state index contributed by atoms with van der Waals surface area (Å²) >= 11 is 0. The Labute approximate surface area is 87.7 Å². The summed E-state index contributed by atoms with van der Waals surface area (Å²) in [6.45, 7) is 2.07. The zero-order valence-corrected chi connectivity index (χ0v) is 8.30. The lowest BCUT2D eigenvalue weighted by Crippen LogP contribution is -2.15. The van der Waals surface area contributed by atoms with E-state index in [0.29, 0.717) is 17.7 Å². The van der Waals surface area contributed by atoms with Crippen LogP contribution in [0.1, 0.15) is 24.2 Å². The molecular weight excluding hydrogens is 194 g/mol. The maximum Gasteiger partial charge on any atom is 0.337 e. The fourth-order valence-electron chi connectivity index (χ4n) is 1.21. The molecule has 0 heterocycles. The van der Waals surface area contributed by atoms with Gasteiger partial charge in [0.2, 0.25) is 0 Å². The topological polar surface area (TPSA) is 70.3 Å². The van der Waals surface area contributed by atoms with Gasteiger partial charge in [-0.3, -0.25) is 0 Å². The van der Waals surface area contributed by atoms with Crippen LogP contribution in [0.4, 0.5) is 0 Å². The van der Waals surface area contributed by atoms with Crippen molar-refractivity contribution in [1.29, 1.82) is 5.26 Å². The molecule has 0 aliphatic rings. The predicted octanol–water partition coefficient (Wildman–Crippen LogP) is 1.72. The molecule has 1 aromatic rings. The van der Waals surface area contributed by atoms with Crippen molar-refractivity contribution in [1.82, 2.24) is 0 Å². The minimum absolute atomic E-state index is 0.330. The van der Waals surface area contributed by atoms with Crippen LogP contribution in [0.5, 0.6) is 0 Å². The molecule has 15 heavy (non-hydrogen) atoms. The largest absolute Gasteiger partial charge is 0.479 e. The third kappa shape index (κ3) is 2.79. The van der Waals surface area contributed by atoms with Crippen LogP contribution < -0.4 is 0 Å². The zero-order valence-electron chi connectivity index (χ0n) is 8.30. The summed E-state index contributed by atoms with van der Waals surface area (Å²) in [5.74, 6) is -1.03. The van der Waals surface area contributed by atoms with Gasteiger partial charge in [-0.15, -0.1) is 0 Å². The molecule has 0 saturated heterocycles. The molecule has 4 heteroatoms. The van der Waals surface area contributed by atoms with Crippen molar-refractivity contribution in [3.8, 4) is 6.07 Å². The summed E-state index contributed by atoms with van der Waals surface area (Å²) in [4.78, 5) is 10.9. The van der Waals surface area contributed by atoms with E-state index in [0.717, 1.165) is 0 Å². The van der Waals surface area contributed by atoms with Crippen molar-refractivity contribution in [2.24, 2.45) is 0 Å². The van der Waals surface area contributed by atoms with Crippen LogP contribution in [0.25, 0.3) is 0 Å². The average Bonchev–Trinajstić information content (AvgIpc) is 2.26. The van der Waals surface area contributed by atoms with Crippen LogP contribution >= 0.6 is 0 Å². The van der Waals surface area contributed by atoms with Crippen LogP contribution in [-0.4, -0.2) is 17.7 Å². The van der Waals surface area contributed by atoms with Gasteiger partial charge >= 0.3 is 5.97 Å². The molecule has 0 radical (unpaired) electrons. The molecule has 4 nitrogen and oxygen atoms in total. The summed E-state index contributed by atoms with van der Waals surface area (Å²) < 4.78 is 5.08. The smallest absolute Gasteiger partial charge is 0.337 e. The number of aliphatic carboxylic acids is 1. The first-order valence-corrected chi connectivity index (χ1v) is 4.53. The van der Waals surface area contributed by atoms with Crippen molar-refractivity contribution in [2.45, 2.75) is 13.0 Å². The van der Waals surface area contributed by atoms with E-state index in [1.54, 1.807) is 31.2 Å². The molecule has 0 unspecified atom stereocenters.